The van der Waals surface area contributed by atoms with Crippen LogP contribution in [0.1, 0.15) is 33.7 Å². The fraction of sp³-hybridized carbons (Fsp3) is 0.167. The summed E-state index contributed by atoms with van der Waals surface area (Å²) < 4.78 is 11.3. The van der Waals surface area contributed by atoms with Gasteiger partial charge in [-0.25, -0.2) is 0 Å². The van der Waals surface area contributed by atoms with Gasteiger partial charge in [-0.2, -0.15) is 10.5 Å². The number of methoxy groups -OCH3 is 2. The molecule has 3 aliphatic rings. The fourth-order valence-electron chi connectivity index (χ4n) is 7.18. The highest BCUT2D eigenvalue weighted by Crippen LogP contribution is 2.62. The minimum Gasteiger partial charge on any atom is -0.493 e. The van der Waals surface area contributed by atoms with Gasteiger partial charge < -0.3 is 14.4 Å². The van der Waals surface area contributed by atoms with Crippen molar-refractivity contribution in [3.8, 4) is 34.8 Å². The molecule has 0 bridgehead atoms. The molecule has 7 rings (SSSR count). The van der Waals surface area contributed by atoms with Gasteiger partial charge in [0.15, 0.2) is 11.5 Å². The normalized spacial score (nSPS) is 17.6. The van der Waals surface area contributed by atoms with Gasteiger partial charge in [0, 0.05) is 28.7 Å². The summed E-state index contributed by atoms with van der Waals surface area (Å²) in [4.78, 5) is 2.02. The molecule has 0 aromatic heterocycles. The molecule has 204 valence electrons. The highest BCUT2D eigenvalue weighted by atomic mass is 35.5. The van der Waals surface area contributed by atoms with Gasteiger partial charge in [0.05, 0.1) is 31.3 Å². The molecule has 2 heterocycles. The van der Waals surface area contributed by atoms with Crippen LogP contribution in [0.5, 0.6) is 11.5 Å². The second-order valence-electron chi connectivity index (χ2n) is 10.7. The average molecular weight is 568 g/mol. The van der Waals surface area contributed by atoms with Crippen LogP contribution in [-0.2, 0) is 11.8 Å². The van der Waals surface area contributed by atoms with Gasteiger partial charge in [0.1, 0.15) is 11.8 Å². The van der Waals surface area contributed by atoms with Gasteiger partial charge in [-0.3, -0.25) is 0 Å². The van der Waals surface area contributed by atoms with Crippen LogP contribution in [0.4, 0.5) is 0 Å². The molecular weight excluding hydrogens is 542 g/mol. The molecule has 42 heavy (non-hydrogen) atoms. The number of hydrogen-bond acceptors (Lipinski definition) is 5. The van der Waals surface area contributed by atoms with E-state index < -0.39 is 5.41 Å². The predicted molar refractivity (Wildman–Crippen MR) is 163 cm³/mol. The number of nitrogens with zero attached hydrogens (tertiary/aromatic N) is 3. The Morgan fingerprint density at radius 2 is 1.43 bits per heavy atom. The largest absolute Gasteiger partial charge is 0.493 e. The second-order valence-corrected chi connectivity index (χ2v) is 11.1. The Kier molecular flexibility index (Phi) is 6.08. The van der Waals surface area contributed by atoms with Crippen LogP contribution in [0.3, 0.4) is 0 Å². The van der Waals surface area contributed by atoms with E-state index in [9.17, 15) is 10.5 Å². The molecule has 4 aromatic carbocycles. The molecule has 0 fully saturated rings. The van der Waals surface area contributed by atoms with Crippen LogP contribution in [-0.4, -0.2) is 25.7 Å². The quantitative estimate of drug-likeness (QED) is 0.255. The third kappa shape index (κ3) is 3.48. The molecule has 5 nitrogen and oxygen atoms in total. The molecule has 1 aliphatic carbocycles. The molecular formula is C36H26ClN3O2. The van der Waals surface area contributed by atoms with E-state index in [4.69, 9.17) is 21.1 Å². The summed E-state index contributed by atoms with van der Waals surface area (Å²) in [6.07, 6.45) is 2.93. The van der Waals surface area contributed by atoms with Gasteiger partial charge in [-0.15, -0.1) is 0 Å². The van der Waals surface area contributed by atoms with Gasteiger partial charge in [0.2, 0.25) is 0 Å². The summed E-state index contributed by atoms with van der Waals surface area (Å²) in [6.45, 7) is 0.551. The zero-order valence-electron chi connectivity index (χ0n) is 23.2. The highest BCUT2D eigenvalue weighted by molar-refractivity contribution is 6.30. The first-order chi connectivity index (χ1) is 20.6. The van der Waals surface area contributed by atoms with E-state index in [1.54, 1.807) is 14.2 Å². The molecule has 0 saturated carbocycles. The average Bonchev–Trinajstić information content (AvgIpc) is 3.25. The highest BCUT2D eigenvalue weighted by Gasteiger charge is 2.55. The summed E-state index contributed by atoms with van der Waals surface area (Å²) in [6, 6.07) is 33.4. The Hall–Kier alpha value is -4.97. The van der Waals surface area contributed by atoms with Gasteiger partial charge in [-0.1, -0.05) is 78.3 Å². The van der Waals surface area contributed by atoms with Crippen LogP contribution < -0.4 is 9.47 Å². The lowest BCUT2D eigenvalue weighted by Crippen LogP contribution is -2.35. The number of nitriles is 2. The summed E-state index contributed by atoms with van der Waals surface area (Å²) in [5, 5.41) is 22.5. The van der Waals surface area contributed by atoms with Crippen LogP contribution in [0.2, 0.25) is 5.02 Å². The third-order valence-electron chi connectivity index (χ3n) is 8.91. The van der Waals surface area contributed by atoms with E-state index in [1.807, 2.05) is 65.6 Å². The Bertz CT molecular complexity index is 1860. The molecule has 4 aromatic rings. The molecule has 1 spiro atoms. The standard InChI is InChI=1S/C36H26ClN3O2/c1-41-34-17-23-15-16-40-32(27(23)18-35(34)42-2)19-30(22-11-13-24(37)14-12-22)36(31(20-38)33(40)21-39)28-9-5-3-7-25(28)26-8-4-6-10-29(26)36/h3-14,17-19,30H,15-16H2,1-2H3/t30-/m1/s1. The Morgan fingerprint density at radius 1 is 0.810 bits per heavy atom. The maximum Gasteiger partial charge on any atom is 0.161 e. The van der Waals surface area contributed by atoms with Crippen molar-refractivity contribution in [1.29, 1.82) is 10.5 Å². The van der Waals surface area contributed by atoms with E-state index in [1.165, 1.54) is 0 Å². The molecule has 0 saturated heterocycles. The number of rotatable bonds is 3. The number of halogens is 1. The summed E-state index contributed by atoms with van der Waals surface area (Å²) in [5.41, 5.74) is 7.97. The Labute approximate surface area is 250 Å². The van der Waals surface area contributed by atoms with Crippen molar-refractivity contribution in [2.75, 3.05) is 20.8 Å². The fourth-order valence-corrected chi connectivity index (χ4v) is 7.31. The van der Waals surface area contributed by atoms with Crippen LogP contribution >= 0.6 is 11.6 Å². The molecule has 6 heteroatoms. The second kappa shape index (κ2) is 9.84. The van der Waals surface area contributed by atoms with Gasteiger partial charge in [-0.05, 0) is 64.1 Å². The zero-order chi connectivity index (χ0) is 29.0. The van der Waals surface area contributed by atoms with Gasteiger partial charge >= 0.3 is 0 Å². The van der Waals surface area contributed by atoms with Crippen LogP contribution in [0, 0.1) is 22.7 Å². The minimum absolute atomic E-state index is 0.336. The first-order valence-corrected chi connectivity index (χ1v) is 14.2. The van der Waals surface area contributed by atoms with Crippen molar-refractivity contribution < 1.29 is 9.47 Å². The number of hydrogen-bond donors (Lipinski definition) is 0. The number of fused-ring (bicyclic) bond motifs is 8. The molecule has 0 amide bonds. The van der Waals surface area contributed by atoms with Crippen LogP contribution in [0.15, 0.2) is 102 Å². The molecule has 0 radical (unpaired) electrons. The van der Waals surface area contributed by atoms with Crippen molar-refractivity contribution in [1.82, 2.24) is 4.90 Å². The lowest BCUT2D eigenvalue weighted by molar-refractivity contribution is 0.353. The van der Waals surface area contributed by atoms with Crippen molar-refractivity contribution >= 4 is 17.3 Å². The minimum atomic E-state index is -0.943. The first-order valence-electron chi connectivity index (χ1n) is 13.8. The van der Waals surface area contributed by atoms with Gasteiger partial charge in [0.25, 0.3) is 0 Å². The Balaban J connectivity index is 1.65. The van der Waals surface area contributed by atoms with E-state index in [0.717, 1.165) is 44.6 Å². The SMILES string of the molecule is COc1cc2c(cc1OC)C1=C[C@H](c3ccc(Cl)cc3)C3(C(C#N)=C(C#N)N1CC2)c1ccccc1-c1ccccc13. The molecule has 0 N–H and O–H groups in total. The molecule has 1 atom stereocenters. The van der Waals surface area contributed by atoms with Crippen molar-refractivity contribution in [3.05, 3.63) is 135 Å². The number of allylic oxidation sites excluding steroid dienone is 3. The Morgan fingerprint density at radius 3 is 2.02 bits per heavy atom. The van der Waals surface area contributed by atoms with E-state index in [-0.39, 0.29) is 5.92 Å². The monoisotopic (exact) mass is 567 g/mol. The number of benzene rings is 4. The summed E-state index contributed by atoms with van der Waals surface area (Å²) in [7, 11) is 3.26. The topological polar surface area (TPSA) is 69.3 Å². The maximum absolute atomic E-state index is 11.1. The van der Waals surface area contributed by atoms with Crippen molar-refractivity contribution in [3.63, 3.8) is 0 Å². The zero-order valence-corrected chi connectivity index (χ0v) is 23.9. The summed E-state index contributed by atoms with van der Waals surface area (Å²) in [5.74, 6) is 0.939. The van der Waals surface area contributed by atoms with E-state index >= 15 is 0 Å². The molecule has 0 unspecified atom stereocenters. The smallest absolute Gasteiger partial charge is 0.161 e. The van der Waals surface area contributed by atoms with Crippen LogP contribution in [0.25, 0.3) is 16.8 Å². The van der Waals surface area contributed by atoms with E-state index in [0.29, 0.717) is 40.8 Å². The number of ether oxygens (including phenoxy) is 2. The third-order valence-corrected chi connectivity index (χ3v) is 9.17. The molecule has 2 aliphatic heterocycles. The first kappa shape index (κ1) is 26.0. The van der Waals surface area contributed by atoms with Crippen molar-refractivity contribution in [2.45, 2.75) is 17.8 Å². The lowest BCUT2D eigenvalue weighted by Gasteiger charge is -2.38. The predicted octanol–water partition coefficient (Wildman–Crippen LogP) is 7.62. The van der Waals surface area contributed by atoms with Crippen molar-refractivity contribution in [2.24, 2.45) is 0 Å². The maximum atomic E-state index is 11.1. The van der Waals surface area contributed by atoms with E-state index in [2.05, 4.69) is 42.5 Å². The lowest BCUT2D eigenvalue weighted by atomic mass is 9.61. The summed E-state index contributed by atoms with van der Waals surface area (Å²) >= 11 is 6.38.